The number of carbonyl (C=O) groups is 1. The van der Waals surface area contributed by atoms with Gasteiger partial charge in [0.25, 0.3) is 0 Å². The summed E-state index contributed by atoms with van der Waals surface area (Å²) in [6, 6.07) is 1.59. The van der Waals surface area contributed by atoms with E-state index in [-0.39, 0.29) is 31.3 Å². The van der Waals surface area contributed by atoms with E-state index in [4.69, 9.17) is 5.11 Å². The predicted molar refractivity (Wildman–Crippen MR) is 64.3 cm³/mol. The Morgan fingerprint density at radius 1 is 1.37 bits per heavy atom. The first-order valence-corrected chi connectivity index (χ1v) is 6.13. The van der Waals surface area contributed by atoms with Crippen LogP contribution in [0.3, 0.4) is 0 Å². The Bertz CT molecular complexity index is 432. The molecule has 1 fully saturated rings. The minimum Gasteiger partial charge on any atom is -0.465 e. The van der Waals surface area contributed by atoms with Crippen LogP contribution in [0.4, 0.5) is 19.5 Å². The number of hydrogen-bond acceptors (Lipinski definition) is 3. The van der Waals surface area contributed by atoms with Crippen molar-refractivity contribution in [2.45, 2.75) is 31.6 Å². The van der Waals surface area contributed by atoms with Crippen molar-refractivity contribution in [2.75, 3.05) is 11.4 Å². The van der Waals surface area contributed by atoms with Gasteiger partial charge in [-0.2, -0.15) is 0 Å². The standard InChI is InChI=1S/C12H15F2N3O2/c13-12(14)4-2-9(3-5-12)8-17(11(18)19)10-15-6-1-7-16-10/h1,6-7,9H,2-5,8H2,(H,18,19). The molecule has 0 bridgehead atoms. The Morgan fingerprint density at radius 3 is 2.47 bits per heavy atom. The van der Waals surface area contributed by atoms with E-state index in [1.54, 1.807) is 6.07 Å². The highest BCUT2D eigenvalue weighted by molar-refractivity contribution is 5.83. The third-order valence-electron chi connectivity index (χ3n) is 3.30. The smallest absolute Gasteiger partial charge is 0.414 e. The molecule has 1 saturated carbocycles. The number of amides is 1. The van der Waals surface area contributed by atoms with Crippen LogP contribution in [-0.2, 0) is 0 Å². The first kappa shape index (κ1) is 13.6. The van der Waals surface area contributed by atoms with Crippen LogP contribution >= 0.6 is 0 Å². The molecule has 0 radical (unpaired) electrons. The van der Waals surface area contributed by atoms with Crippen LogP contribution < -0.4 is 4.90 Å². The first-order chi connectivity index (χ1) is 8.98. The number of aromatic nitrogens is 2. The first-order valence-electron chi connectivity index (χ1n) is 6.13. The van der Waals surface area contributed by atoms with Gasteiger partial charge in [-0.1, -0.05) is 0 Å². The van der Waals surface area contributed by atoms with Gasteiger partial charge in [0.1, 0.15) is 0 Å². The number of rotatable bonds is 3. The number of hydrogen-bond donors (Lipinski definition) is 1. The minimum atomic E-state index is -2.60. The van der Waals surface area contributed by atoms with Gasteiger partial charge in [0.15, 0.2) is 0 Å². The molecule has 0 saturated heterocycles. The van der Waals surface area contributed by atoms with Crippen LogP contribution in [0.5, 0.6) is 0 Å². The summed E-state index contributed by atoms with van der Waals surface area (Å²) in [6.07, 6.45) is 2.03. The molecule has 1 aromatic rings. The molecule has 1 aliphatic carbocycles. The molecule has 19 heavy (non-hydrogen) atoms. The molecule has 2 rings (SSSR count). The van der Waals surface area contributed by atoms with Crippen LogP contribution in [0.25, 0.3) is 0 Å². The van der Waals surface area contributed by atoms with E-state index in [1.165, 1.54) is 12.4 Å². The second-order valence-corrected chi connectivity index (χ2v) is 4.74. The van der Waals surface area contributed by atoms with Crippen LogP contribution in [0.2, 0.25) is 0 Å². The summed E-state index contributed by atoms with van der Waals surface area (Å²) >= 11 is 0. The number of nitrogens with zero attached hydrogens (tertiary/aromatic N) is 3. The third kappa shape index (κ3) is 3.59. The summed E-state index contributed by atoms with van der Waals surface area (Å²) < 4.78 is 26.1. The quantitative estimate of drug-likeness (QED) is 0.918. The molecular weight excluding hydrogens is 256 g/mol. The van der Waals surface area contributed by atoms with E-state index >= 15 is 0 Å². The van der Waals surface area contributed by atoms with Crippen molar-refractivity contribution in [2.24, 2.45) is 5.92 Å². The maximum absolute atomic E-state index is 13.0. The van der Waals surface area contributed by atoms with Gasteiger partial charge in [0.05, 0.1) is 0 Å². The van der Waals surface area contributed by atoms with Gasteiger partial charge in [-0.05, 0) is 24.8 Å². The van der Waals surface area contributed by atoms with E-state index in [9.17, 15) is 13.6 Å². The van der Waals surface area contributed by atoms with Gasteiger partial charge in [-0.15, -0.1) is 0 Å². The molecule has 0 aliphatic heterocycles. The molecule has 104 valence electrons. The SMILES string of the molecule is O=C(O)N(CC1CCC(F)(F)CC1)c1ncccn1. The summed E-state index contributed by atoms with van der Waals surface area (Å²) in [5, 5.41) is 9.16. The molecule has 1 amide bonds. The molecule has 1 heterocycles. The van der Waals surface area contributed by atoms with Gasteiger partial charge in [0.2, 0.25) is 11.9 Å². The Hall–Kier alpha value is -1.79. The molecule has 0 atom stereocenters. The van der Waals surface area contributed by atoms with Gasteiger partial charge >= 0.3 is 6.09 Å². The molecule has 0 spiro atoms. The lowest BCUT2D eigenvalue weighted by Gasteiger charge is -2.30. The zero-order valence-corrected chi connectivity index (χ0v) is 10.3. The van der Waals surface area contributed by atoms with Crippen molar-refractivity contribution >= 4 is 12.0 Å². The molecule has 5 nitrogen and oxygen atoms in total. The van der Waals surface area contributed by atoms with Crippen molar-refractivity contribution in [3.63, 3.8) is 0 Å². The van der Waals surface area contributed by atoms with Gasteiger partial charge in [-0.3, -0.25) is 0 Å². The molecule has 0 aromatic carbocycles. The molecule has 1 aromatic heterocycles. The number of carboxylic acid groups (broad SMARTS) is 1. The summed E-state index contributed by atoms with van der Waals surface area (Å²) in [4.78, 5) is 20.0. The average Bonchev–Trinajstić information content (AvgIpc) is 2.38. The monoisotopic (exact) mass is 271 g/mol. The van der Waals surface area contributed by atoms with E-state index in [0.29, 0.717) is 12.8 Å². The van der Waals surface area contributed by atoms with Crippen molar-refractivity contribution in [1.82, 2.24) is 9.97 Å². The number of anilines is 1. The van der Waals surface area contributed by atoms with Gasteiger partial charge in [0, 0.05) is 31.8 Å². The van der Waals surface area contributed by atoms with Crippen LogP contribution in [0.15, 0.2) is 18.5 Å². The third-order valence-corrected chi connectivity index (χ3v) is 3.30. The van der Waals surface area contributed by atoms with E-state index < -0.39 is 12.0 Å². The molecule has 1 N–H and O–H groups in total. The van der Waals surface area contributed by atoms with Crippen molar-refractivity contribution in [1.29, 1.82) is 0 Å². The molecular formula is C12H15F2N3O2. The Morgan fingerprint density at radius 2 is 1.95 bits per heavy atom. The Labute approximate surface area is 109 Å². The normalized spacial score (nSPS) is 19.1. The summed E-state index contributed by atoms with van der Waals surface area (Å²) in [6.45, 7) is 0.162. The second-order valence-electron chi connectivity index (χ2n) is 4.74. The maximum atomic E-state index is 13.0. The lowest BCUT2D eigenvalue weighted by atomic mass is 9.86. The maximum Gasteiger partial charge on any atom is 0.414 e. The summed E-state index contributed by atoms with van der Waals surface area (Å²) in [5.74, 6) is -2.58. The lowest BCUT2D eigenvalue weighted by molar-refractivity contribution is -0.0447. The zero-order valence-electron chi connectivity index (χ0n) is 10.3. The van der Waals surface area contributed by atoms with Crippen molar-refractivity contribution < 1.29 is 18.7 Å². The van der Waals surface area contributed by atoms with Crippen molar-refractivity contribution in [3.05, 3.63) is 18.5 Å². The fourth-order valence-electron chi connectivity index (χ4n) is 2.22. The van der Waals surface area contributed by atoms with Crippen LogP contribution in [0, 0.1) is 5.92 Å². The van der Waals surface area contributed by atoms with Crippen LogP contribution in [0.1, 0.15) is 25.7 Å². The molecule has 1 aliphatic rings. The largest absolute Gasteiger partial charge is 0.465 e. The number of alkyl halides is 2. The summed E-state index contributed by atoms with van der Waals surface area (Å²) in [5.41, 5.74) is 0. The van der Waals surface area contributed by atoms with E-state index in [1.807, 2.05) is 0 Å². The van der Waals surface area contributed by atoms with E-state index in [0.717, 1.165) is 4.90 Å². The number of halogens is 2. The topological polar surface area (TPSA) is 66.3 Å². The van der Waals surface area contributed by atoms with Gasteiger partial charge in [-0.25, -0.2) is 28.4 Å². The molecule has 0 unspecified atom stereocenters. The van der Waals surface area contributed by atoms with Gasteiger partial charge < -0.3 is 5.11 Å². The summed E-state index contributed by atoms with van der Waals surface area (Å²) in [7, 11) is 0. The highest BCUT2D eigenvalue weighted by atomic mass is 19.3. The minimum absolute atomic E-state index is 0.0699. The van der Waals surface area contributed by atoms with E-state index in [2.05, 4.69) is 9.97 Å². The predicted octanol–water partition coefficient (Wildman–Crippen LogP) is 2.79. The van der Waals surface area contributed by atoms with Crippen molar-refractivity contribution in [3.8, 4) is 0 Å². The average molecular weight is 271 g/mol. The zero-order chi connectivity index (χ0) is 13.9. The Kier molecular flexibility index (Phi) is 3.92. The van der Waals surface area contributed by atoms with Crippen LogP contribution in [-0.4, -0.2) is 33.6 Å². The second kappa shape index (κ2) is 5.46. The highest BCUT2D eigenvalue weighted by Gasteiger charge is 2.36. The highest BCUT2D eigenvalue weighted by Crippen LogP contribution is 2.36. The fraction of sp³-hybridized carbons (Fsp3) is 0.583. The fourth-order valence-corrected chi connectivity index (χ4v) is 2.22. The lowest BCUT2D eigenvalue weighted by Crippen LogP contribution is -2.38. The Balaban J connectivity index is 2.01. The molecule has 7 heteroatoms.